The molecular weight excluding hydrogens is 278 g/mol. The average molecular weight is 292 g/mol. The lowest BCUT2D eigenvalue weighted by Crippen LogP contribution is -2.22. The third kappa shape index (κ3) is 3.71. The quantitative estimate of drug-likeness (QED) is 0.794. The number of hydrogen-bond donors (Lipinski definition) is 0. The van der Waals surface area contributed by atoms with Gasteiger partial charge in [-0.3, -0.25) is 9.78 Å². The van der Waals surface area contributed by atoms with Crippen molar-refractivity contribution in [3.05, 3.63) is 59.4 Å². The Morgan fingerprint density at radius 3 is 2.60 bits per heavy atom. The second kappa shape index (κ2) is 6.91. The zero-order valence-corrected chi connectivity index (χ0v) is 11.7. The maximum atomic E-state index is 11.8. The number of nitrogens with zero attached hydrogens (tertiary/aromatic N) is 1. The van der Waals surface area contributed by atoms with E-state index in [0.717, 1.165) is 0 Å². The van der Waals surface area contributed by atoms with Gasteiger partial charge in [0.1, 0.15) is 18.3 Å². The first-order valence-electron chi connectivity index (χ1n) is 6.08. The van der Waals surface area contributed by atoms with Crippen LogP contribution in [0.25, 0.3) is 0 Å². The van der Waals surface area contributed by atoms with Crippen LogP contribution in [0.5, 0.6) is 5.75 Å². The number of aromatic nitrogens is 1. The normalized spacial score (nSPS) is 11.7. The van der Waals surface area contributed by atoms with Crippen molar-refractivity contribution in [2.24, 2.45) is 0 Å². The molecule has 4 nitrogen and oxygen atoms in total. The molecule has 1 heterocycles. The summed E-state index contributed by atoms with van der Waals surface area (Å²) in [6.07, 6.45) is 1.63. The van der Waals surface area contributed by atoms with Crippen LogP contribution in [0.2, 0.25) is 5.02 Å². The van der Waals surface area contributed by atoms with E-state index in [0.29, 0.717) is 16.5 Å². The highest BCUT2D eigenvalue weighted by Gasteiger charge is 2.23. The number of rotatable bonds is 5. The van der Waals surface area contributed by atoms with Crippen molar-refractivity contribution in [3.63, 3.8) is 0 Å². The fraction of sp³-hybridized carbons (Fsp3) is 0.200. The SMILES string of the molecule is COC(=O)C(COc1ccc(Cl)cc1)c1ccccn1. The molecule has 104 valence electrons. The minimum absolute atomic E-state index is 0.158. The number of methoxy groups -OCH3 is 1. The Morgan fingerprint density at radius 2 is 2.00 bits per heavy atom. The third-order valence-electron chi connectivity index (χ3n) is 2.76. The van der Waals surface area contributed by atoms with Gasteiger partial charge in [-0.05, 0) is 36.4 Å². The Balaban J connectivity index is 2.09. The lowest BCUT2D eigenvalue weighted by Gasteiger charge is -2.15. The summed E-state index contributed by atoms with van der Waals surface area (Å²) < 4.78 is 10.4. The van der Waals surface area contributed by atoms with E-state index in [1.165, 1.54) is 7.11 Å². The number of pyridine rings is 1. The number of esters is 1. The number of carbonyl (C=O) groups is 1. The van der Waals surface area contributed by atoms with Gasteiger partial charge in [0.05, 0.1) is 12.8 Å². The number of benzene rings is 1. The summed E-state index contributed by atoms with van der Waals surface area (Å²) in [7, 11) is 1.35. The van der Waals surface area contributed by atoms with Gasteiger partial charge >= 0.3 is 5.97 Å². The van der Waals surface area contributed by atoms with Crippen molar-refractivity contribution in [2.45, 2.75) is 5.92 Å². The lowest BCUT2D eigenvalue weighted by molar-refractivity contribution is -0.143. The maximum Gasteiger partial charge on any atom is 0.318 e. The van der Waals surface area contributed by atoms with Gasteiger partial charge in [0.25, 0.3) is 0 Å². The van der Waals surface area contributed by atoms with Crippen LogP contribution in [0.4, 0.5) is 0 Å². The fourth-order valence-corrected chi connectivity index (χ4v) is 1.83. The Bertz CT molecular complexity index is 557. The molecule has 1 atom stereocenters. The van der Waals surface area contributed by atoms with Crippen LogP contribution < -0.4 is 4.74 Å². The van der Waals surface area contributed by atoms with Gasteiger partial charge in [-0.2, -0.15) is 0 Å². The molecular formula is C15H14ClNO3. The summed E-state index contributed by atoms with van der Waals surface area (Å²) in [4.78, 5) is 16.0. The molecule has 20 heavy (non-hydrogen) atoms. The molecule has 0 amide bonds. The highest BCUT2D eigenvalue weighted by Crippen LogP contribution is 2.20. The largest absolute Gasteiger partial charge is 0.492 e. The molecule has 2 rings (SSSR count). The molecule has 1 aromatic heterocycles. The van der Waals surface area contributed by atoms with Gasteiger partial charge in [-0.15, -0.1) is 0 Å². The monoisotopic (exact) mass is 291 g/mol. The number of halogens is 1. The minimum Gasteiger partial charge on any atom is -0.492 e. The van der Waals surface area contributed by atoms with Crippen LogP contribution in [0.3, 0.4) is 0 Å². The zero-order chi connectivity index (χ0) is 14.4. The Labute approximate surface area is 122 Å². The Morgan fingerprint density at radius 1 is 1.25 bits per heavy atom. The first-order valence-corrected chi connectivity index (χ1v) is 6.45. The molecule has 0 spiro atoms. The van der Waals surface area contributed by atoms with Gasteiger partial charge in [-0.25, -0.2) is 0 Å². The van der Waals surface area contributed by atoms with Crippen LogP contribution in [0, 0.1) is 0 Å². The first kappa shape index (κ1) is 14.3. The van der Waals surface area contributed by atoms with E-state index < -0.39 is 5.92 Å². The predicted molar refractivity (Wildman–Crippen MR) is 75.9 cm³/mol. The van der Waals surface area contributed by atoms with E-state index in [1.54, 1.807) is 42.6 Å². The summed E-state index contributed by atoms with van der Waals surface area (Å²) in [6.45, 7) is 0.158. The molecule has 0 radical (unpaired) electrons. The Kier molecular flexibility index (Phi) is 4.96. The van der Waals surface area contributed by atoms with Crippen LogP contribution >= 0.6 is 11.6 Å². The molecule has 0 saturated carbocycles. The van der Waals surface area contributed by atoms with E-state index in [2.05, 4.69) is 4.98 Å². The molecule has 0 aliphatic carbocycles. The molecule has 2 aromatic rings. The molecule has 1 aromatic carbocycles. The van der Waals surface area contributed by atoms with E-state index >= 15 is 0 Å². The summed E-state index contributed by atoms with van der Waals surface area (Å²) in [6, 6.07) is 12.3. The van der Waals surface area contributed by atoms with E-state index in [4.69, 9.17) is 21.1 Å². The van der Waals surface area contributed by atoms with Crippen molar-refractivity contribution < 1.29 is 14.3 Å². The predicted octanol–water partition coefficient (Wildman–Crippen LogP) is 3.07. The summed E-state index contributed by atoms with van der Waals surface area (Å²) in [5, 5.41) is 0.631. The van der Waals surface area contributed by atoms with Crippen LogP contribution in [0.15, 0.2) is 48.7 Å². The molecule has 0 bridgehead atoms. The standard InChI is InChI=1S/C15H14ClNO3/c1-19-15(18)13(14-4-2-3-9-17-14)10-20-12-7-5-11(16)6-8-12/h2-9,13H,10H2,1H3. The first-order chi connectivity index (χ1) is 9.70. The molecule has 1 unspecified atom stereocenters. The van der Waals surface area contributed by atoms with Crippen molar-refractivity contribution in [1.29, 1.82) is 0 Å². The van der Waals surface area contributed by atoms with Gasteiger partial charge in [0.2, 0.25) is 0 Å². The van der Waals surface area contributed by atoms with Crippen molar-refractivity contribution >= 4 is 17.6 Å². The van der Waals surface area contributed by atoms with E-state index in [-0.39, 0.29) is 12.6 Å². The van der Waals surface area contributed by atoms with Gasteiger partial charge in [0, 0.05) is 11.2 Å². The third-order valence-corrected chi connectivity index (χ3v) is 3.01. The average Bonchev–Trinajstić information content (AvgIpc) is 2.50. The van der Waals surface area contributed by atoms with Crippen molar-refractivity contribution in [2.75, 3.05) is 13.7 Å². The summed E-state index contributed by atoms with van der Waals surface area (Å²) in [5.74, 6) is -0.297. The number of hydrogen-bond acceptors (Lipinski definition) is 4. The van der Waals surface area contributed by atoms with E-state index in [9.17, 15) is 4.79 Å². The molecule has 0 fully saturated rings. The molecule has 0 aliphatic rings. The second-order valence-electron chi connectivity index (χ2n) is 4.10. The van der Waals surface area contributed by atoms with Crippen LogP contribution in [-0.4, -0.2) is 24.7 Å². The fourth-order valence-electron chi connectivity index (χ4n) is 1.71. The molecule has 0 N–H and O–H groups in total. The second-order valence-corrected chi connectivity index (χ2v) is 4.53. The van der Waals surface area contributed by atoms with E-state index in [1.807, 2.05) is 6.07 Å². The van der Waals surface area contributed by atoms with Crippen LogP contribution in [-0.2, 0) is 9.53 Å². The number of ether oxygens (including phenoxy) is 2. The van der Waals surface area contributed by atoms with Crippen molar-refractivity contribution in [1.82, 2.24) is 4.98 Å². The van der Waals surface area contributed by atoms with Gasteiger partial charge < -0.3 is 9.47 Å². The maximum absolute atomic E-state index is 11.8. The van der Waals surface area contributed by atoms with Gasteiger partial charge in [0.15, 0.2) is 0 Å². The number of carbonyl (C=O) groups excluding carboxylic acids is 1. The van der Waals surface area contributed by atoms with Crippen LogP contribution in [0.1, 0.15) is 11.6 Å². The zero-order valence-electron chi connectivity index (χ0n) is 11.0. The highest BCUT2D eigenvalue weighted by molar-refractivity contribution is 6.30. The topological polar surface area (TPSA) is 48.4 Å². The smallest absolute Gasteiger partial charge is 0.318 e. The summed E-state index contributed by atoms with van der Waals surface area (Å²) >= 11 is 5.80. The Hall–Kier alpha value is -2.07. The van der Waals surface area contributed by atoms with Gasteiger partial charge in [-0.1, -0.05) is 17.7 Å². The summed E-state index contributed by atoms with van der Waals surface area (Å²) in [5.41, 5.74) is 0.619. The highest BCUT2D eigenvalue weighted by atomic mass is 35.5. The van der Waals surface area contributed by atoms with Crippen molar-refractivity contribution in [3.8, 4) is 5.75 Å². The minimum atomic E-state index is -0.558. The molecule has 5 heteroatoms. The molecule has 0 aliphatic heterocycles. The molecule has 0 saturated heterocycles. The lowest BCUT2D eigenvalue weighted by atomic mass is 10.1.